The summed E-state index contributed by atoms with van der Waals surface area (Å²) in [5.74, 6) is 0. The Morgan fingerprint density at radius 1 is 0.320 bits per heavy atom. The molecular weight excluding hydrogens is 607 g/mol. The van der Waals surface area contributed by atoms with E-state index in [-0.39, 0.29) is 0 Å². The fraction of sp³-hybridized carbons (Fsp3) is 0. The monoisotopic (exact) mass is 637 g/mol. The molecule has 2 heteroatoms. The summed E-state index contributed by atoms with van der Waals surface area (Å²) in [6, 6.07) is 67.6. The van der Waals surface area contributed by atoms with E-state index in [9.17, 15) is 0 Å². The molecule has 0 unspecified atom stereocenters. The van der Waals surface area contributed by atoms with E-state index in [1.807, 2.05) is 12.1 Å². The quantitative estimate of drug-likeness (QED) is 0.175. The van der Waals surface area contributed by atoms with E-state index in [0.717, 1.165) is 50.1 Å². The first-order valence-electron chi connectivity index (χ1n) is 17.1. The van der Waals surface area contributed by atoms with Gasteiger partial charge in [0.15, 0.2) is 0 Å². The highest BCUT2D eigenvalue weighted by Crippen LogP contribution is 2.41. The molecule has 9 aromatic carbocycles. The molecule has 0 radical (unpaired) electrons. The van der Waals surface area contributed by atoms with Crippen LogP contribution in [0.1, 0.15) is 0 Å². The Hall–Kier alpha value is -6.64. The Labute approximate surface area is 290 Å². The third-order valence-electron chi connectivity index (χ3n) is 10.0. The zero-order valence-electron chi connectivity index (χ0n) is 27.3. The third-order valence-corrected chi connectivity index (χ3v) is 10.0. The van der Waals surface area contributed by atoms with E-state index < -0.39 is 0 Å². The van der Waals surface area contributed by atoms with Crippen molar-refractivity contribution in [2.24, 2.45) is 0 Å². The van der Waals surface area contributed by atoms with Crippen LogP contribution in [0.2, 0.25) is 0 Å². The lowest BCUT2D eigenvalue weighted by atomic mass is 9.99. The number of hydrogen-bond acceptors (Lipinski definition) is 2. The zero-order valence-corrected chi connectivity index (χ0v) is 27.3. The predicted molar refractivity (Wildman–Crippen MR) is 212 cm³/mol. The van der Waals surface area contributed by atoms with E-state index >= 15 is 0 Å². The van der Waals surface area contributed by atoms with Crippen LogP contribution in [-0.4, -0.2) is 0 Å². The summed E-state index contributed by atoms with van der Waals surface area (Å²) in [6.45, 7) is 0. The molecule has 10 rings (SSSR count). The van der Waals surface area contributed by atoms with Crippen LogP contribution in [0.25, 0.3) is 76.5 Å². The van der Waals surface area contributed by atoms with Gasteiger partial charge in [0.25, 0.3) is 0 Å². The molecule has 2 nitrogen and oxygen atoms in total. The molecule has 0 saturated carbocycles. The fourth-order valence-electron chi connectivity index (χ4n) is 7.54. The van der Waals surface area contributed by atoms with Crippen LogP contribution < -0.4 is 4.90 Å². The van der Waals surface area contributed by atoms with Crippen LogP contribution in [-0.2, 0) is 0 Å². The van der Waals surface area contributed by atoms with E-state index in [4.69, 9.17) is 4.42 Å². The Morgan fingerprint density at radius 2 is 0.940 bits per heavy atom. The number of para-hydroxylation sites is 2. The van der Waals surface area contributed by atoms with Crippen LogP contribution in [0.15, 0.2) is 192 Å². The van der Waals surface area contributed by atoms with Crippen molar-refractivity contribution in [1.29, 1.82) is 0 Å². The Kier molecular flexibility index (Phi) is 6.53. The summed E-state index contributed by atoms with van der Waals surface area (Å²) in [5, 5.41) is 9.75. The van der Waals surface area contributed by atoms with Gasteiger partial charge in [-0.2, -0.15) is 0 Å². The first kappa shape index (κ1) is 28.4. The maximum Gasteiger partial charge on any atom is 0.143 e. The highest BCUT2D eigenvalue weighted by Gasteiger charge is 2.17. The minimum atomic E-state index is 0.910. The first-order chi connectivity index (χ1) is 24.8. The summed E-state index contributed by atoms with van der Waals surface area (Å²) in [5.41, 5.74) is 9.71. The van der Waals surface area contributed by atoms with Gasteiger partial charge in [-0.05, 0) is 97.5 Å². The molecule has 1 aromatic heterocycles. The maximum atomic E-state index is 6.40. The molecule has 50 heavy (non-hydrogen) atoms. The molecule has 0 aliphatic carbocycles. The predicted octanol–water partition coefficient (Wildman–Crippen LogP) is 13.8. The first-order valence-corrected chi connectivity index (χ1v) is 17.1. The number of benzene rings is 9. The highest BCUT2D eigenvalue weighted by molar-refractivity contribution is 6.10. The van der Waals surface area contributed by atoms with Gasteiger partial charge >= 0.3 is 0 Å². The third kappa shape index (κ3) is 4.73. The molecule has 0 amide bonds. The summed E-state index contributed by atoms with van der Waals surface area (Å²) in [7, 11) is 0. The zero-order chi connectivity index (χ0) is 33.0. The van der Waals surface area contributed by atoms with E-state index in [2.05, 4.69) is 181 Å². The minimum Gasteiger partial charge on any atom is -0.455 e. The van der Waals surface area contributed by atoms with Crippen molar-refractivity contribution in [3.05, 3.63) is 188 Å². The van der Waals surface area contributed by atoms with Gasteiger partial charge in [-0.3, -0.25) is 0 Å². The minimum absolute atomic E-state index is 0.910. The second-order valence-electron chi connectivity index (χ2n) is 13.0. The molecule has 234 valence electrons. The molecule has 0 fully saturated rings. The average Bonchev–Trinajstić information content (AvgIpc) is 3.57. The van der Waals surface area contributed by atoms with Crippen LogP contribution >= 0.6 is 0 Å². The van der Waals surface area contributed by atoms with E-state index in [1.165, 1.54) is 43.4 Å². The lowest BCUT2D eigenvalue weighted by Gasteiger charge is -2.27. The van der Waals surface area contributed by atoms with Crippen molar-refractivity contribution < 1.29 is 4.42 Å². The number of anilines is 3. The van der Waals surface area contributed by atoms with Crippen LogP contribution in [0, 0.1) is 0 Å². The largest absolute Gasteiger partial charge is 0.455 e. The molecule has 0 bridgehead atoms. The Bertz CT molecular complexity index is 2880. The second kappa shape index (κ2) is 11.5. The molecule has 0 aliphatic rings. The summed E-state index contributed by atoms with van der Waals surface area (Å²) < 4.78 is 6.40. The molecule has 0 atom stereocenters. The number of fused-ring (bicyclic) bond motifs is 7. The van der Waals surface area contributed by atoms with Crippen molar-refractivity contribution in [1.82, 2.24) is 0 Å². The average molecular weight is 638 g/mol. The maximum absolute atomic E-state index is 6.40. The second-order valence-corrected chi connectivity index (χ2v) is 13.0. The molecule has 10 aromatic rings. The molecule has 0 spiro atoms. The van der Waals surface area contributed by atoms with E-state index in [1.54, 1.807) is 0 Å². The van der Waals surface area contributed by atoms with Crippen molar-refractivity contribution in [2.75, 3.05) is 4.90 Å². The lowest BCUT2D eigenvalue weighted by Crippen LogP contribution is -2.10. The smallest absolute Gasteiger partial charge is 0.143 e. The molecule has 0 saturated heterocycles. The van der Waals surface area contributed by atoms with Gasteiger partial charge in [-0.25, -0.2) is 0 Å². The summed E-state index contributed by atoms with van der Waals surface area (Å²) in [6.07, 6.45) is 0. The van der Waals surface area contributed by atoms with Crippen LogP contribution in [0.5, 0.6) is 0 Å². The number of rotatable bonds is 5. The van der Waals surface area contributed by atoms with Crippen LogP contribution in [0.3, 0.4) is 0 Å². The topological polar surface area (TPSA) is 16.4 Å². The SMILES string of the molecule is c1cc(-c2ccc3ccccc3c2)cc(N(c2ccc(-c3cccc4c3oc3ccccc34)cc2)c2ccc3c(ccc4ccccc43)c2)c1. The van der Waals surface area contributed by atoms with Crippen molar-refractivity contribution in [3.63, 3.8) is 0 Å². The van der Waals surface area contributed by atoms with Crippen LogP contribution in [0.4, 0.5) is 17.1 Å². The molecule has 1 heterocycles. The van der Waals surface area contributed by atoms with Gasteiger partial charge in [-0.15, -0.1) is 0 Å². The summed E-state index contributed by atoms with van der Waals surface area (Å²) in [4.78, 5) is 2.37. The van der Waals surface area contributed by atoms with Gasteiger partial charge in [0.05, 0.1) is 0 Å². The number of hydrogen-bond donors (Lipinski definition) is 0. The Morgan fingerprint density at radius 3 is 1.84 bits per heavy atom. The lowest BCUT2D eigenvalue weighted by molar-refractivity contribution is 0.670. The molecular formula is C48H31NO. The normalized spacial score (nSPS) is 11.6. The van der Waals surface area contributed by atoms with Crippen molar-refractivity contribution in [2.45, 2.75) is 0 Å². The van der Waals surface area contributed by atoms with Crippen molar-refractivity contribution >= 4 is 71.3 Å². The van der Waals surface area contributed by atoms with E-state index in [0.29, 0.717) is 0 Å². The molecule has 0 aliphatic heterocycles. The Balaban J connectivity index is 1.11. The number of furan rings is 1. The van der Waals surface area contributed by atoms with Gasteiger partial charge in [0, 0.05) is 33.4 Å². The van der Waals surface area contributed by atoms with Crippen molar-refractivity contribution in [3.8, 4) is 22.3 Å². The van der Waals surface area contributed by atoms with Gasteiger partial charge < -0.3 is 9.32 Å². The standard InChI is InChI=1S/C48H31NO/c1-2-11-35-29-37(21-19-32(35)9-1)36-12-7-13-40(30-36)49(41-27-28-43-38(31-41)22-20-33-10-3-4-14-42(33)43)39-25-23-34(24-26-39)44-16-8-17-46-45-15-5-6-18-47(45)50-48(44)46/h1-31H. The molecule has 0 N–H and O–H groups in total. The van der Waals surface area contributed by atoms with Gasteiger partial charge in [0.2, 0.25) is 0 Å². The summed E-state index contributed by atoms with van der Waals surface area (Å²) >= 11 is 0. The highest BCUT2D eigenvalue weighted by atomic mass is 16.3. The van der Waals surface area contributed by atoms with Gasteiger partial charge in [0.1, 0.15) is 11.2 Å². The number of nitrogens with zero attached hydrogens (tertiary/aromatic N) is 1. The fourth-order valence-corrected chi connectivity index (χ4v) is 7.54. The van der Waals surface area contributed by atoms with Gasteiger partial charge in [-0.1, -0.05) is 140 Å².